The Morgan fingerprint density at radius 2 is 2.26 bits per heavy atom. The van der Waals surface area contributed by atoms with E-state index in [-0.39, 0.29) is 5.78 Å². The lowest BCUT2D eigenvalue weighted by Gasteiger charge is -2.07. The van der Waals surface area contributed by atoms with Crippen LogP contribution in [0.1, 0.15) is 27.9 Å². The molecule has 0 spiro atoms. The van der Waals surface area contributed by atoms with Crippen molar-refractivity contribution < 1.29 is 9.53 Å². The first-order chi connectivity index (χ1) is 9.22. The van der Waals surface area contributed by atoms with Gasteiger partial charge in [-0.2, -0.15) is 5.10 Å². The van der Waals surface area contributed by atoms with Crippen molar-refractivity contribution in [3.8, 4) is 5.75 Å². The molecule has 3 rings (SSSR count). The lowest BCUT2D eigenvalue weighted by atomic mass is 10.1. The van der Waals surface area contributed by atoms with Crippen LogP contribution in [0.2, 0.25) is 0 Å². The van der Waals surface area contributed by atoms with Gasteiger partial charge in [0.05, 0.1) is 12.8 Å². The van der Waals surface area contributed by atoms with Crippen molar-refractivity contribution in [1.29, 1.82) is 0 Å². The number of aryl methyl sites for hydroxylation is 2. The molecule has 4 nitrogen and oxygen atoms in total. The Bertz CT molecular complexity index is 616. The molecule has 2 aromatic rings. The zero-order valence-corrected chi connectivity index (χ0v) is 10.9. The molecular weight excluding hydrogens is 240 g/mol. The normalized spacial score (nSPS) is 13.6. The largest absolute Gasteiger partial charge is 0.493 e. The Morgan fingerprint density at radius 3 is 3.05 bits per heavy atom. The van der Waals surface area contributed by atoms with Gasteiger partial charge in [0.2, 0.25) is 0 Å². The van der Waals surface area contributed by atoms with E-state index in [4.69, 9.17) is 4.74 Å². The van der Waals surface area contributed by atoms with Gasteiger partial charge in [-0.15, -0.1) is 0 Å². The van der Waals surface area contributed by atoms with Gasteiger partial charge in [0.25, 0.3) is 0 Å². The van der Waals surface area contributed by atoms with E-state index in [9.17, 15) is 4.79 Å². The molecule has 0 N–H and O–H groups in total. The van der Waals surface area contributed by atoms with Crippen molar-refractivity contribution in [3.63, 3.8) is 0 Å². The average molecular weight is 256 g/mol. The van der Waals surface area contributed by atoms with E-state index in [0.717, 1.165) is 29.7 Å². The summed E-state index contributed by atoms with van der Waals surface area (Å²) in [5.41, 5.74) is 3.14. The summed E-state index contributed by atoms with van der Waals surface area (Å²) in [4.78, 5) is 11.5. The van der Waals surface area contributed by atoms with Crippen LogP contribution in [0.4, 0.5) is 0 Å². The minimum absolute atomic E-state index is 0.247. The van der Waals surface area contributed by atoms with E-state index in [1.807, 2.05) is 37.6 Å². The number of ether oxygens (including phenoxy) is 1. The fourth-order valence-corrected chi connectivity index (χ4v) is 2.41. The maximum atomic E-state index is 11.5. The first-order valence-electron chi connectivity index (χ1n) is 6.49. The summed E-state index contributed by atoms with van der Waals surface area (Å²) in [6.45, 7) is 0.623. The van der Waals surface area contributed by atoms with Gasteiger partial charge in [-0.1, -0.05) is 0 Å². The molecule has 1 aliphatic carbocycles. The topological polar surface area (TPSA) is 44.1 Å². The standard InChI is InChI=1S/C15H16N2O2/c1-17-10-11(9-16-17)6-7-19-13-3-4-14-12(8-13)2-5-15(14)18/h3-4,8-10H,2,5-7H2,1H3. The Hall–Kier alpha value is -2.10. The summed E-state index contributed by atoms with van der Waals surface area (Å²) in [6.07, 6.45) is 6.15. The van der Waals surface area contributed by atoms with E-state index >= 15 is 0 Å². The lowest BCUT2D eigenvalue weighted by molar-refractivity contribution is 0.0994. The zero-order chi connectivity index (χ0) is 13.2. The van der Waals surface area contributed by atoms with Gasteiger partial charge < -0.3 is 4.74 Å². The second kappa shape index (κ2) is 4.88. The van der Waals surface area contributed by atoms with Gasteiger partial charge in [0.15, 0.2) is 5.78 Å². The molecule has 19 heavy (non-hydrogen) atoms. The van der Waals surface area contributed by atoms with Crippen molar-refractivity contribution >= 4 is 5.78 Å². The number of nitrogens with zero attached hydrogens (tertiary/aromatic N) is 2. The minimum atomic E-state index is 0.247. The number of hydrogen-bond acceptors (Lipinski definition) is 3. The summed E-state index contributed by atoms with van der Waals surface area (Å²) in [5.74, 6) is 1.09. The number of carbonyl (C=O) groups excluding carboxylic acids is 1. The van der Waals surface area contributed by atoms with Crippen molar-refractivity contribution in [3.05, 3.63) is 47.3 Å². The number of Topliss-reactive ketones (excluding diaryl/α,β-unsaturated/α-hetero) is 1. The Morgan fingerprint density at radius 1 is 1.37 bits per heavy atom. The second-order valence-electron chi connectivity index (χ2n) is 4.86. The zero-order valence-electron chi connectivity index (χ0n) is 10.9. The van der Waals surface area contributed by atoms with E-state index in [1.165, 1.54) is 5.56 Å². The molecule has 4 heteroatoms. The molecule has 1 aromatic heterocycles. The number of aromatic nitrogens is 2. The molecule has 0 unspecified atom stereocenters. The van der Waals surface area contributed by atoms with Gasteiger partial charge in [0, 0.05) is 31.6 Å². The highest BCUT2D eigenvalue weighted by molar-refractivity contribution is 6.00. The molecule has 0 atom stereocenters. The highest BCUT2D eigenvalue weighted by atomic mass is 16.5. The van der Waals surface area contributed by atoms with Gasteiger partial charge >= 0.3 is 0 Å². The predicted octanol–water partition coefficient (Wildman–Crippen LogP) is 2.17. The van der Waals surface area contributed by atoms with Crippen LogP contribution in [0.5, 0.6) is 5.75 Å². The van der Waals surface area contributed by atoms with Gasteiger partial charge in [-0.05, 0) is 35.7 Å². The summed E-state index contributed by atoms with van der Waals surface area (Å²) in [5, 5.41) is 4.12. The third-order valence-corrected chi connectivity index (χ3v) is 3.42. The maximum absolute atomic E-state index is 11.5. The second-order valence-corrected chi connectivity index (χ2v) is 4.86. The molecule has 1 aliphatic rings. The fraction of sp³-hybridized carbons (Fsp3) is 0.333. The first-order valence-corrected chi connectivity index (χ1v) is 6.49. The summed E-state index contributed by atoms with van der Waals surface area (Å²) < 4.78 is 7.52. The SMILES string of the molecule is Cn1cc(CCOc2ccc3c(c2)CCC3=O)cn1. The van der Waals surface area contributed by atoms with Crippen molar-refractivity contribution in [2.24, 2.45) is 7.05 Å². The number of ketones is 1. The number of carbonyl (C=O) groups is 1. The molecule has 0 saturated carbocycles. The summed E-state index contributed by atoms with van der Waals surface area (Å²) in [6, 6.07) is 5.75. The smallest absolute Gasteiger partial charge is 0.163 e. The predicted molar refractivity (Wildman–Crippen MR) is 71.5 cm³/mol. The molecule has 0 saturated heterocycles. The summed E-state index contributed by atoms with van der Waals surface area (Å²) in [7, 11) is 1.90. The third-order valence-electron chi connectivity index (χ3n) is 3.42. The Balaban J connectivity index is 1.60. The van der Waals surface area contributed by atoms with Crippen molar-refractivity contribution in [2.45, 2.75) is 19.3 Å². The first kappa shape index (κ1) is 12.0. The molecular formula is C15H16N2O2. The monoisotopic (exact) mass is 256 g/mol. The third kappa shape index (κ3) is 2.52. The van der Waals surface area contributed by atoms with Crippen LogP contribution in [-0.4, -0.2) is 22.2 Å². The van der Waals surface area contributed by atoms with E-state index in [0.29, 0.717) is 13.0 Å². The summed E-state index contributed by atoms with van der Waals surface area (Å²) >= 11 is 0. The molecule has 0 fully saturated rings. The highest BCUT2D eigenvalue weighted by Crippen LogP contribution is 2.26. The number of rotatable bonds is 4. The molecule has 1 heterocycles. The highest BCUT2D eigenvalue weighted by Gasteiger charge is 2.19. The van der Waals surface area contributed by atoms with Crippen LogP contribution in [0.3, 0.4) is 0 Å². The number of benzene rings is 1. The van der Waals surface area contributed by atoms with Crippen molar-refractivity contribution in [2.75, 3.05) is 6.61 Å². The molecule has 0 amide bonds. The van der Waals surface area contributed by atoms with Gasteiger partial charge in [-0.25, -0.2) is 0 Å². The number of hydrogen-bond donors (Lipinski definition) is 0. The molecule has 0 bridgehead atoms. The molecule has 0 aliphatic heterocycles. The van der Waals surface area contributed by atoms with Crippen LogP contribution >= 0.6 is 0 Å². The molecule has 0 radical (unpaired) electrons. The van der Waals surface area contributed by atoms with E-state index in [1.54, 1.807) is 4.68 Å². The van der Waals surface area contributed by atoms with Crippen molar-refractivity contribution in [1.82, 2.24) is 9.78 Å². The fourth-order valence-electron chi connectivity index (χ4n) is 2.41. The van der Waals surface area contributed by atoms with E-state index in [2.05, 4.69) is 5.10 Å². The quantitative estimate of drug-likeness (QED) is 0.842. The van der Waals surface area contributed by atoms with Crippen LogP contribution in [0.15, 0.2) is 30.6 Å². The maximum Gasteiger partial charge on any atom is 0.163 e. The Labute approximate surface area is 112 Å². The van der Waals surface area contributed by atoms with Crippen LogP contribution in [0.25, 0.3) is 0 Å². The van der Waals surface area contributed by atoms with Crippen LogP contribution < -0.4 is 4.74 Å². The van der Waals surface area contributed by atoms with Gasteiger partial charge in [-0.3, -0.25) is 9.48 Å². The lowest BCUT2D eigenvalue weighted by Crippen LogP contribution is -2.01. The van der Waals surface area contributed by atoms with Crippen LogP contribution in [-0.2, 0) is 19.9 Å². The Kier molecular flexibility index (Phi) is 3.07. The number of fused-ring (bicyclic) bond motifs is 1. The average Bonchev–Trinajstić information content (AvgIpc) is 2.97. The van der Waals surface area contributed by atoms with E-state index < -0.39 is 0 Å². The van der Waals surface area contributed by atoms with Gasteiger partial charge in [0.1, 0.15) is 5.75 Å². The molecule has 98 valence electrons. The van der Waals surface area contributed by atoms with Crippen LogP contribution in [0, 0.1) is 0 Å². The molecule has 1 aromatic carbocycles. The minimum Gasteiger partial charge on any atom is -0.493 e.